The van der Waals surface area contributed by atoms with Gasteiger partial charge in [-0.05, 0) is 36.6 Å². The van der Waals surface area contributed by atoms with E-state index >= 15 is 0 Å². The molecule has 2 unspecified atom stereocenters. The fraction of sp³-hybridized carbons (Fsp3) is 0.444. The molecule has 2 atom stereocenters. The first-order valence-electron chi connectivity index (χ1n) is 8.33. The van der Waals surface area contributed by atoms with Crippen LogP contribution in [0.15, 0.2) is 42.7 Å². The van der Waals surface area contributed by atoms with Crippen LogP contribution in [0.5, 0.6) is 5.75 Å². The number of hydrogen-bond donors (Lipinski definition) is 1. The summed E-state index contributed by atoms with van der Waals surface area (Å²) in [7, 11) is 1.65. The number of methoxy groups -OCH3 is 1. The predicted octanol–water partition coefficient (Wildman–Crippen LogP) is 1.76. The lowest BCUT2D eigenvalue weighted by atomic mass is 9.95. The van der Waals surface area contributed by atoms with Crippen molar-refractivity contribution in [2.75, 3.05) is 20.2 Å². The minimum Gasteiger partial charge on any atom is -0.497 e. The molecule has 0 spiro atoms. The molecule has 134 valence electrons. The number of ether oxygens (including phenoxy) is 1. The summed E-state index contributed by atoms with van der Waals surface area (Å²) in [5, 5.41) is 4.28. The van der Waals surface area contributed by atoms with Gasteiger partial charge in [0.15, 0.2) is 0 Å². The first-order valence-corrected chi connectivity index (χ1v) is 8.33. The molecule has 1 saturated heterocycles. The van der Waals surface area contributed by atoms with Crippen molar-refractivity contribution < 1.29 is 9.53 Å². The molecule has 2 heterocycles. The minimum atomic E-state index is -0.474. The summed E-state index contributed by atoms with van der Waals surface area (Å²) in [5.41, 5.74) is 7.03. The van der Waals surface area contributed by atoms with Crippen LogP contribution in [-0.2, 0) is 10.3 Å². The highest BCUT2D eigenvalue weighted by Crippen LogP contribution is 2.45. The van der Waals surface area contributed by atoms with Crippen molar-refractivity contribution in [2.24, 2.45) is 5.73 Å². The smallest absolute Gasteiger partial charge is 0.250 e. The second-order valence-electron chi connectivity index (χ2n) is 6.74. The van der Waals surface area contributed by atoms with Gasteiger partial charge in [0.05, 0.1) is 7.11 Å². The number of rotatable bonds is 4. The number of carbonyl (C=O) groups excluding carboxylic acids is 1. The van der Waals surface area contributed by atoms with Gasteiger partial charge in [0.1, 0.15) is 11.3 Å². The molecule has 2 aromatic rings. The van der Waals surface area contributed by atoms with Crippen molar-refractivity contribution in [2.45, 2.75) is 30.3 Å². The number of likely N-dealkylation sites (tertiary alicyclic amines) is 1. The molecule has 1 amide bonds. The van der Waals surface area contributed by atoms with Crippen LogP contribution >= 0.6 is 12.4 Å². The van der Waals surface area contributed by atoms with Gasteiger partial charge in [0.2, 0.25) is 0 Å². The predicted molar refractivity (Wildman–Crippen MR) is 97.0 cm³/mol. The van der Waals surface area contributed by atoms with E-state index in [2.05, 4.69) is 5.10 Å². The number of hydrogen-bond acceptors (Lipinski definition) is 4. The first-order chi connectivity index (χ1) is 11.6. The van der Waals surface area contributed by atoms with Crippen molar-refractivity contribution in [3.63, 3.8) is 0 Å². The van der Waals surface area contributed by atoms with E-state index in [-0.39, 0.29) is 30.3 Å². The molecule has 7 heteroatoms. The zero-order chi connectivity index (χ0) is 16.7. The van der Waals surface area contributed by atoms with Gasteiger partial charge in [0.25, 0.3) is 5.91 Å². The van der Waals surface area contributed by atoms with Crippen LogP contribution in [0.4, 0.5) is 0 Å². The summed E-state index contributed by atoms with van der Waals surface area (Å²) < 4.78 is 7.01. The monoisotopic (exact) mass is 362 g/mol. The Labute approximate surface area is 153 Å². The SMILES string of the molecule is COc1ccc(C2CN(C(=O)C3(n4cccn4)CC3)CC2N)cc1.Cl. The zero-order valence-corrected chi connectivity index (χ0v) is 15.0. The van der Waals surface area contributed by atoms with E-state index in [9.17, 15) is 4.79 Å². The Hall–Kier alpha value is -2.05. The summed E-state index contributed by atoms with van der Waals surface area (Å²) in [6, 6.07) is 9.78. The van der Waals surface area contributed by atoms with Crippen molar-refractivity contribution in [3.8, 4) is 5.75 Å². The Bertz CT molecular complexity index is 728. The fourth-order valence-electron chi connectivity index (χ4n) is 3.67. The quantitative estimate of drug-likeness (QED) is 0.899. The molecule has 1 saturated carbocycles. The molecule has 2 N–H and O–H groups in total. The van der Waals surface area contributed by atoms with Crippen LogP contribution in [0.2, 0.25) is 0 Å². The number of benzene rings is 1. The third-order valence-electron chi connectivity index (χ3n) is 5.26. The summed E-state index contributed by atoms with van der Waals surface area (Å²) in [6.45, 7) is 1.26. The van der Waals surface area contributed by atoms with E-state index in [4.69, 9.17) is 10.5 Å². The van der Waals surface area contributed by atoms with Crippen LogP contribution in [0.3, 0.4) is 0 Å². The van der Waals surface area contributed by atoms with Gasteiger partial charge in [-0.2, -0.15) is 5.10 Å². The lowest BCUT2D eigenvalue weighted by Crippen LogP contribution is -2.42. The highest BCUT2D eigenvalue weighted by molar-refractivity contribution is 5.87. The second kappa shape index (κ2) is 6.69. The van der Waals surface area contributed by atoms with Gasteiger partial charge in [-0.25, -0.2) is 0 Å². The third-order valence-corrected chi connectivity index (χ3v) is 5.26. The maximum absolute atomic E-state index is 13.0. The van der Waals surface area contributed by atoms with Crippen molar-refractivity contribution in [1.82, 2.24) is 14.7 Å². The van der Waals surface area contributed by atoms with E-state index in [1.807, 2.05) is 46.1 Å². The number of nitrogens with zero attached hydrogens (tertiary/aromatic N) is 3. The van der Waals surface area contributed by atoms with Gasteiger partial charge in [0, 0.05) is 37.4 Å². The highest BCUT2D eigenvalue weighted by atomic mass is 35.5. The van der Waals surface area contributed by atoms with Crippen LogP contribution in [-0.4, -0.2) is 46.8 Å². The van der Waals surface area contributed by atoms with Gasteiger partial charge in [-0.1, -0.05) is 12.1 Å². The molecule has 1 aromatic carbocycles. The average molecular weight is 363 g/mol. The molecule has 1 aromatic heterocycles. The highest BCUT2D eigenvalue weighted by Gasteiger charge is 2.55. The van der Waals surface area contributed by atoms with Crippen LogP contribution in [0.1, 0.15) is 24.3 Å². The summed E-state index contributed by atoms with van der Waals surface area (Å²) in [4.78, 5) is 15.0. The van der Waals surface area contributed by atoms with Crippen LogP contribution in [0.25, 0.3) is 0 Å². The van der Waals surface area contributed by atoms with Gasteiger partial charge in [-0.15, -0.1) is 12.4 Å². The maximum atomic E-state index is 13.0. The topological polar surface area (TPSA) is 73.4 Å². The molecule has 4 rings (SSSR count). The van der Waals surface area contributed by atoms with E-state index in [1.54, 1.807) is 13.3 Å². The largest absolute Gasteiger partial charge is 0.497 e. The fourth-order valence-corrected chi connectivity index (χ4v) is 3.67. The molecule has 1 aliphatic heterocycles. The number of halogens is 1. The number of carbonyl (C=O) groups is 1. The average Bonchev–Trinajstić information content (AvgIpc) is 3.05. The number of nitrogens with two attached hydrogens (primary N) is 1. The molecule has 2 fully saturated rings. The second-order valence-corrected chi connectivity index (χ2v) is 6.74. The van der Waals surface area contributed by atoms with Gasteiger partial charge < -0.3 is 15.4 Å². The minimum absolute atomic E-state index is 0. The Kier molecular flexibility index (Phi) is 4.75. The summed E-state index contributed by atoms with van der Waals surface area (Å²) >= 11 is 0. The Balaban J connectivity index is 0.00000182. The van der Waals surface area contributed by atoms with E-state index in [0.29, 0.717) is 13.1 Å². The van der Waals surface area contributed by atoms with E-state index in [1.165, 1.54) is 0 Å². The molecule has 1 aliphatic carbocycles. The summed E-state index contributed by atoms with van der Waals surface area (Å²) in [5.74, 6) is 1.14. The van der Waals surface area contributed by atoms with Crippen LogP contribution < -0.4 is 10.5 Å². The van der Waals surface area contributed by atoms with E-state index < -0.39 is 5.54 Å². The summed E-state index contributed by atoms with van der Waals surface area (Å²) in [6.07, 6.45) is 5.31. The lowest BCUT2D eigenvalue weighted by Gasteiger charge is -2.23. The van der Waals surface area contributed by atoms with Crippen molar-refractivity contribution >= 4 is 18.3 Å². The molecular formula is C18H23ClN4O2. The number of amides is 1. The molecule has 0 bridgehead atoms. The Morgan fingerprint density at radius 1 is 1.28 bits per heavy atom. The Morgan fingerprint density at radius 3 is 2.56 bits per heavy atom. The third kappa shape index (κ3) is 3.00. The van der Waals surface area contributed by atoms with Gasteiger partial charge in [-0.3, -0.25) is 9.48 Å². The molecular weight excluding hydrogens is 340 g/mol. The van der Waals surface area contributed by atoms with Crippen LogP contribution in [0, 0.1) is 0 Å². The van der Waals surface area contributed by atoms with E-state index in [0.717, 1.165) is 24.2 Å². The lowest BCUT2D eigenvalue weighted by molar-refractivity contribution is -0.135. The molecule has 25 heavy (non-hydrogen) atoms. The Morgan fingerprint density at radius 2 is 2.00 bits per heavy atom. The molecule has 0 radical (unpaired) electrons. The molecule has 6 nitrogen and oxygen atoms in total. The standard InChI is InChI=1S/C18H22N4O2.ClH/c1-24-14-5-3-13(4-6-14)15-11-21(12-16(15)19)17(23)18(7-8-18)22-10-2-9-20-22;/h2-6,9-10,15-16H,7-8,11-12,19H2,1H3;1H. The van der Waals surface area contributed by atoms with Crippen molar-refractivity contribution in [1.29, 1.82) is 0 Å². The first kappa shape index (κ1) is 17.8. The number of aromatic nitrogens is 2. The zero-order valence-electron chi connectivity index (χ0n) is 14.2. The molecule has 2 aliphatic rings. The maximum Gasteiger partial charge on any atom is 0.250 e. The van der Waals surface area contributed by atoms with Crippen molar-refractivity contribution in [3.05, 3.63) is 48.3 Å². The van der Waals surface area contributed by atoms with Gasteiger partial charge >= 0.3 is 0 Å². The normalized spacial score (nSPS) is 23.8.